The minimum absolute atomic E-state index is 0.641. The van der Waals surface area contributed by atoms with Gasteiger partial charge in [-0.3, -0.25) is 0 Å². The summed E-state index contributed by atoms with van der Waals surface area (Å²) in [5.41, 5.74) is 0. The lowest BCUT2D eigenvalue weighted by atomic mass is 10.2. The summed E-state index contributed by atoms with van der Waals surface area (Å²) in [7, 11) is -0.648. The SMILES string of the molecule is CC(C)CN1CCCS1=O. The van der Waals surface area contributed by atoms with Gasteiger partial charge in [0.1, 0.15) is 0 Å². The third-order valence-electron chi connectivity index (χ3n) is 1.58. The average molecular weight is 161 g/mol. The Kier molecular flexibility index (Phi) is 2.86. The van der Waals surface area contributed by atoms with Crippen LogP contribution in [0.15, 0.2) is 0 Å². The number of hydrogen-bond donors (Lipinski definition) is 0. The zero-order valence-corrected chi connectivity index (χ0v) is 7.49. The zero-order chi connectivity index (χ0) is 7.56. The normalized spacial score (nSPS) is 28.1. The maximum Gasteiger partial charge on any atom is 0.0943 e. The Balaban J connectivity index is 2.33. The van der Waals surface area contributed by atoms with E-state index in [0.29, 0.717) is 5.92 Å². The maximum atomic E-state index is 11.1. The monoisotopic (exact) mass is 161 g/mol. The highest BCUT2D eigenvalue weighted by Gasteiger charge is 2.19. The van der Waals surface area contributed by atoms with Gasteiger partial charge in [0.05, 0.1) is 11.0 Å². The predicted octanol–water partition coefficient (Wildman–Crippen LogP) is 1.01. The molecule has 1 saturated heterocycles. The van der Waals surface area contributed by atoms with E-state index in [4.69, 9.17) is 0 Å². The molecule has 0 N–H and O–H groups in total. The summed E-state index contributed by atoms with van der Waals surface area (Å²) in [6, 6.07) is 0. The van der Waals surface area contributed by atoms with E-state index in [-0.39, 0.29) is 0 Å². The topological polar surface area (TPSA) is 20.3 Å². The van der Waals surface area contributed by atoms with Gasteiger partial charge in [0.15, 0.2) is 0 Å². The number of nitrogens with zero attached hydrogens (tertiary/aromatic N) is 1. The van der Waals surface area contributed by atoms with Crippen LogP contribution < -0.4 is 0 Å². The lowest BCUT2D eigenvalue weighted by molar-refractivity contribution is 0.411. The minimum atomic E-state index is -0.648. The van der Waals surface area contributed by atoms with Crippen molar-refractivity contribution in [3.05, 3.63) is 0 Å². The Labute approximate surface area is 65.2 Å². The third-order valence-corrected chi connectivity index (χ3v) is 3.13. The Hall–Kier alpha value is 0.110. The largest absolute Gasteiger partial charge is 0.243 e. The van der Waals surface area contributed by atoms with Gasteiger partial charge in [-0.1, -0.05) is 13.8 Å². The molecule has 0 saturated carbocycles. The molecule has 1 heterocycles. The first kappa shape index (κ1) is 8.21. The number of rotatable bonds is 2. The number of hydrogen-bond acceptors (Lipinski definition) is 1. The van der Waals surface area contributed by atoms with Crippen molar-refractivity contribution in [3.8, 4) is 0 Å². The summed E-state index contributed by atoms with van der Waals surface area (Å²) >= 11 is 0. The fraction of sp³-hybridized carbons (Fsp3) is 1.00. The molecule has 1 aliphatic heterocycles. The highest BCUT2D eigenvalue weighted by Crippen LogP contribution is 2.10. The summed E-state index contributed by atoms with van der Waals surface area (Å²) in [6.07, 6.45) is 1.11. The fourth-order valence-electron chi connectivity index (χ4n) is 1.18. The molecule has 1 atom stereocenters. The van der Waals surface area contributed by atoms with Gasteiger partial charge in [-0.05, 0) is 12.3 Å². The van der Waals surface area contributed by atoms with Gasteiger partial charge in [-0.15, -0.1) is 0 Å². The van der Waals surface area contributed by atoms with Gasteiger partial charge >= 0.3 is 0 Å². The van der Waals surface area contributed by atoms with E-state index in [1.165, 1.54) is 0 Å². The van der Waals surface area contributed by atoms with Gasteiger partial charge in [-0.2, -0.15) is 0 Å². The molecule has 1 fully saturated rings. The minimum Gasteiger partial charge on any atom is -0.243 e. The van der Waals surface area contributed by atoms with Crippen molar-refractivity contribution in [2.24, 2.45) is 5.92 Å². The van der Waals surface area contributed by atoms with Gasteiger partial charge in [0.2, 0.25) is 0 Å². The summed E-state index contributed by atoms with van der Waals surface area (Å²) < 4.78 is 13.2. The average Bonchev–Trinajstić information content (AvgIpc) is 2.15. The second-order valence-corrected chi connectivity index (χ2v) is 4.73. The van der Waals surface area contributed by atoms with Gasteiger partial charge in [0.25, 0.3) is 0 Å². The van der Waals surface area contributed by atoms with E-state index in [1.807, 2.05) is 0 Å². The molecule has 3 heteroatoms. The predicted molar refractivity (Wildman–Crippen MR) is 44.0 cm³/mol. The Morgan fingerprint density at radius 1 is 1.60 bits per heavy atom. The molecule has 0 radical (unpaired) electrons. The van der Waals surface area contributed by atoms with Crippen LogP contribution in [-0.4, -0.2) is 27.4 Å². The molecular weight excluding hydrogens is 146 g/mol. The first-order valence-electron chi connectivity index (χ1n) is 3.83. The maximum absolute atomic E-state index is 11.1. The molecule has 2 nitrogen and oxygen atoms in total. The summed E-state index contributed by atoms with van der Waals surface area (Å²) in [5, 5.41) is 0. The van der Waals surface area contributed by atoms with Crippen molar-refractivity contribution >= 4 is 11.0 Å². The quantitative estimate of drug-likeness (QED) is 0.592. The van der Waals surface area contributed by atoms with Crippen LogP contribution in [0.2, 0.25) is 0 Å². The lowest BCUT2D eigenvalue weighted by Gasteiger charge is -2.14. The van der Waals surface area contributed by atoms with Gasteiger partial charge in [0, 0.05) is 18.8 Å². The molecule has 0 spiro atoms. The second kappa shape index (κ2) is 3.49. The van der Waals surface area contributed by atoms with Crippen molar-refractivity contribution in [2.45, 2.75) is 20.3 Å². The molecule has 0 aromatic heterocycles. The van der Waals surface area contributed by atoms with Crippen LogP contribution in [0.1, 0.15) is 20.3 Å². The highest BCUT2D eigenvalue weighted by atomic mass is 32.2. The molecule has 0 aromatic rings. The van der Waals surface area contributed by atoms with E-state index in [9.17, 15) is 4.21 Å². The van der Waals surface area contributed by atoms with Gasteiger partial charge in [-0.25, -0.2) is 8.51 Å². The molecule has 60 valence electrons. The van der Waals surface area contributed by atoms with Crippen LogP contribution in [0.3, 0.4) is 0 Å². The van der Waals surface area contributed by atoms with Crippen LogP contribution >= 0.6 is 0 Å². The molecule has 0 aromatic carbocycles. The van der Waals surface area contributed by atoms with Crippen LogP contribution in [-0.2, 0) is 11.0 Å². The molecule has 0 bridgehead atoms. The lowest BCUT2D eigenvalue weighted by Crippen LogP contribution is -2.25. The smallest absolute Gasteiger partial charge is 0.0943 e. The Morgan fingerprint density at radius 2 is 2.30 bits per heavy atom. The highest BCUT2D eigenvalue weighted by molar-refractivity contribution is 7.82. The van der Waals surface area contributed by atoms with E-state index >= 15 is 0 Å². The summed E-state index contributed by atoms with van der Waals surface area (Å²) in [6.45, 7) is 6.35. The Bertz CT molecular complexity index is 136. The van der Waals surface area contributed by atoms with Crippen molar-refractivity contribution < 1.29 is 4.21 Å². The first-order valence-corrected chi connectivity index (χ1v) is 5.11. The van der Waals surface area contributed by atoms with Crippen molar-refractivity contribution in [3.63, 3.8) is 0 Å². The Morgan fingerprint density at radius 3 is 2.70 bits per heavy atom. The van der Waals surface area contributed by atoms with E-state index in [0.717, 1.165) is 25.3 Å². The fourth-order valence-corrected chi connectivity index (χ4v) is 2.61. The second-order valence-electron chi connectivity index (χ2n) is 3.16. The molecule has 10 heavy (non-hydrogen) atoms. The summed E-state index contributed by atoms with van der Waals surface area (Å²) in [5.74, 6) is 1.52. The zero-order valence-electron chi connectivity index (χ0n) is 6.67. The standard InChI is InChI=1S/C7H15NOS/c1-7(2)6-8-4-3-5-10(8)9/h7H,3-6H2,1-2H3. The molecule has 0 aliphatic carbocycles. The first-order chi connectivity index (χ1) is 4.70. The van der Waals surface area contributed by atoms with Crippen LogP contribution in [0.5, 0.6) is 0 Å². The van der Waals surface area contributed by atoms with Crippen LogP contribution in [0, 0.1) is 5.92 Å². The van der Waals surface area contributed by atoms with E-state index in [1.54, 1.807) is 0 Å². The molecule has 1 aliphatic rings. The van der Waals surface area contributed by atoms with Crippen molar-refractivity contribution in [1.82, 2.24) is 4.31 Å². The van der Waals surface area contributed by atoms with Crippen molar-refractivity contribution in [2.75, 3.05) is 18.8 Å². The van der Waals surface area contributed by atoms with Gasteiger partial charge < -0.3 is 0 Å². The molecular formula is C7H15NOS. The van der Waals surface area contributed by atoms with Crippen LogP contribution in [0.4, 0.5) is 0 Å². The van der Waals surface area contributed by atoms with Crippen LogP contribution in [0.25, 0.3) is 0 Å². The van der Waals surface area contributed by atoms with Crippen molar-refractivity contribution in [1.29, 1.82) is 0 Å². The third kappa shape index (κ3) is 2.06. The molecule has 0 amide bonds. The van der Waals surface area contributed by atoms with E-state index < -0.39 is 11.0 Å². The summed E-state index contributed by atoms with van der Waals surface area (Å²) in [4.78, 5) is 0. The molecule has 1 rings (SSSR count). The van der Waals surface area contributed by atoms with E-state index in [2.05, 4.69) is 18.2 Å². The molecule has 1 unspecified atom stereocenters.